The number of anilines is 1. The lowest BCUT2D eigenvalue weighted by atomic mass is 10.0. The van der Waals surface area contributed by atoms with Crippen molar-refractivity contribution in [1.29, 1.82) is 0 Å². The van der Waals surface area contributed by atoms with Crippen molar-refractivity contribution in [2.75, 3.05) is 50.9 Å². The number of hydrazone groups is 1. The summed E-state index contributed by atoms with van der Waals surface area (Å²) >= 11 is 1.54. The summed E-state index contributed by atoms with van der Waals surface area (Å²) in [5.41, 5.74) is 4.90. The third-order valence-corrected chi connectivity index (χ3v) is 6.98. The van der Waals surface area contributed by atoms with E-state index in [2.05, 4.69) is 20.3 Å². The first-order valence-electron chi connectivity index (χ1n) is 13.2. The summed E-state index contributed by atoms with van der Waals surface area (Å²) in [6.07, 6.45) is 2.92. The van der Waals surface area contributed by atoms with E-state index in [9.17, 15) is 14.4 Å². The highest BCUT2D eigenvalue weighted by Gasteiger charge is 2.28. The number of thiazole rings is 1. The molecule has 2 heterocycles. The van der Waals surface area contributed by atoms with Gasteiger partial charge in [-0.15, -0.1) is 11.3 Å². The van der Waals surface area contributed by atoms with Crippen molar-refractivity contribution in [1.82, 2.24) is 15.3 Å². The molecule has 1 aliphatic heterocycles. The predicted octanol–water partition coefficient (Wildman–Crippen LogP) is 3.68. The Bertz CT molecular complexity index is 1100. The molecule has 0 unspecified atom stereocenters. The molecule has 12 heteroatoms. The lowest BCUT2D eigenvalue weighted by Gasteiger charge is -2.38. The Hall–Kier alpha value is -3.51. The number of esters is 2. The van der Waals surface area contributed by atoms with Gasteiger partial charge in [-0.05, 0) is 39.2 Å². The second-order valence-electron chi connectivity index (χ2n) is 8.79. The summed E-state index contributed by atoms with van der Waals surface area (Å²) in [4.78, 5) is 44.6. The standard InChI is InChI=1S/C27H37N5O6S/c1-4-36-24(33)13-16-32(22-11-14-31(15-12-22)18-25(34)37-5-2)26-29-23(19-39-26)21-9-7-20(8-10-21)17-28-30-27(35)38-6-3/h7-10,17,19,22H,4-6,11-16,18H2,1-3H3,(H,30,35). The van der Waals surface area contributed by atoms with Gasteiger partial charge in [0, 0.05) is 36.6 Å². The number of hydrogen-bond acceptors (Lipinski definition) is 11. The monoisotopic (exact) mass is 559 g/mol. The van der Waals surface area contributed by atoms with Crippen molar-refractivity contribution in [3.05, 3.63) is 35.2 Å². The number of rotatable bonds is 13. The van der Waals surface area contributed by atoms with Crippen LogP contribution in [0.1, 0.15) is 45.6 Å². The Kier molecular flexibility index (Phi) is 12.2. The Morgan fingerprint density at radius 1 is 1.05 bits per heavy atom. The molecule has 0 atom stereocenters. The van der Waals surface area contributed by atoms with Gasteiger partial charge in [-0.25, -0.2) is 15.2 Å². The van der Waals surface area contributed by atoms with Crippen LogP contribution >= 0.6 is 11.3 Å². The highest BCUT2D eigenvalue weighted by Crippen LogP contribution is 2.31. The van der Waals surface area contributed by atoms with Gasteiger partial charge < -0.3 is 19.1 Å². The van der Waals surface area contributed by atoms with Crippen LogP contribution in [0.5, 0.6) is 0 Å². The van der Waals surface area contributed by atoms with Gasteiger partial charge in [0.25, 0.3) is 0 Å². The normalized spacial score (nSPS) is 14.2. The predicted molar refractivity (Wildman–Crippen MR) is 150 cm³/mol. The average Bonchev–Trinajstić information content (AvgIpc) is 3.40. The number of nitrogens with one attached hydrogen (secondary N) is 1. The number of ether oxygens (including phenoxy) is 3. The van der Waals surface area contributed by atoms with Crippen LogP contribution in [0, 0.1) is 0 Å². The van der Waals surface area contributed by atoms with Gasteiger partial charge in [0.1, 0.15) is 0 Å². The number of benzene rings is 1. The molecule has 3 rings (SSSR count). The highest BCUT2D eigenvalue weighted by molar-refractivity contribution is 7.14. The maximum Gasteiger partial charge on any atom is 0.427 e. The van der Waals surface area contributed by atoms with Crippen molar-refractivity contribution < 1.29 is 28.6 Å². The first-order valence-corrected chi connectivity index (χ1v) is 14.1. The molecule has 0 aliphatic carbocycles. The molecule has 1 amide bonds. The molecule has 1 aromatic carbocycles. The quantitative estimate of drug-likeness (QED) is 0.169. The highest BCUT2D eigenvalue weighted by atomic mass is 32.1. The minimum absolute atomic E-state index is 0.197. The molecule has 1 aromatic heterocycles. The molecule has 0 radical (unpaired) electrons. The van der Waals surface area contributed by atoms with E-state index in [1.165, 1.54) is 0 Å². The smallest absolute Gasteiger partial charge is 0.427 e. The van der Waals surface area contributed by atoms with Gasteiger partial charge in [0.2, 0.25) is 0 Å². The summed E-state index contributed by atoms with van der Waals surface area (Å²) in [6, 6.07) is 7.87. The minimum Gasteiger partial charge on any atom is -0.466 e. The van der Waals surface area contributed by atoms with E-state index in [4.69, 9.17) is 19.2 Å². The van der Waals surface area contributed by atoms with Crippen LogP contribution in [0.25, 0.3) is 11.3 Å². The van der Waals surface area contributed by atoms with Gasteiger partial charge in [0.05, 0.1) is 44.7 Å². The largest absolute Gasteiger partial charge is 0.466 e. The molecule has 1 saturated heterocycles. The van der Waals surface area contributed by atoms with E-state index in [1.807, 2.05) is 36.6 Å². The Morgan fingerprint density at radius 2 is 1.72 bits per heavy atom. The van der Waals surface area contributed by atoms with Gasteiger partial charge >= 0.3 is 18.0 Å². The topological polar surface area (TPSA) is 123 Å². The molecule has 1 aliphatic rings. The molecular weight excluding hydrogens is 522 g/mol. The molecule has 1 fully saturated rings. The fourth-order valence-corrected chi connectivity index (χ4v) is 5.18. The van der Waals surface area contributed by atoms with Gasteiger partial charge in [-0.2, -0.15) is 5.10 Å². The Morgan fingerprint density at radius 3 is 2.38 bits per heavy atom. The number of carbonyl (C=O) groups excluding carboxylic acids is 3. The van der Waals surface area contributed by atoms with Crippen molar-refractivity contribution in [2.24, 2.45) is 5.10 Å². The second-order valence-corrected chi connectivity index (χ2v) is 9.63. The van der Waals surface area contributed by atoms with Crippen LogP contribution in [0.2, 0.25) is 0 Å². The second kappa shape index (κ2) is 15.8. The molecule has 2 aromatic rings. The first-order chi connectivity index (χ1) is 18.9. The number of carbonyl (C=O) groups is 3. The SMILES string of the molecule is CCOC(=O)CCN(c1nc(-c2ccc(C=NNC(=O)OCC)cc2)cs1)C1CCN(CC(=O)OCC)CC1. The lowest BCUT2D eigenvalue weighted by molar-refractivity contribution is -0.145. The van der Waals surface area contributed by atoms with E-state index in [-0.39, 0.29) is 31.0 Å². The number of aromatic nitrogens is 1. The lowest BCUT2D eigenvalue weighted by Crippen LogP contribution is -2.47. The van der Waals surface area contributed by atoms with Crippen molar-refractivity contribution in [2.45, 2.75) is 46.1 Å². The Labute approximate surface area is 233 Å². The summed E-state index contributed by atoms with van der Waals surface area (Å²) in [7, 11) is 0. The first kappa shape index (κ1) is 30.0. The van der Waals surface area contributed by atoms with E-state index >= 15 is 0 Å². The zero-order valence-corrected chi connectivity index (χ0v) is 23.6. The van der Waals surface area contributed by atoms with Crippen LogP contribution in [0.4, 0.5) is 9.93 Å². The maximum absolute atomic E-state index is 12.1. The van der Waals surface area contributed by atoms with E-state index in [1.54, 1.807) is 31.4 Å². The van der Waals surface area contributed by atoms with Crippen LogP contribution < -0.4 is 10.3 Å². The molecular formula is C27H37N5O6S. The van der Waals surface area contributed by atoms with E-state index in [0.29, 0.717) is 26.3 Å². The molecule has 212 valence electrons. The van der Waals surface area contributed by atoms with Gasteiger partial charge in [-0.3, -0.25) is 14.5 Å². The van der Waals surface area contributed by atoms with E-state index in [0.717, 1.165) is 47.9 Å². The maximum atomic E-state index is 12.1. The zero-order chi connectivity index (χ0) is 28.0. The van der Waals surface area contributed by atoms with Gasteiger partial charge in [0.15, 0.2) is 5.13 Å². The summed E-state index contributed by atoms with van der Waals surface area (Å²) in [6.45, 7) is 8.69. The van der Waals surface area contributed by atoms with Crippen LogP contribution in [-0.2, 0) is 23.8 Å². The molecule has 11 nitrogen and oxygen atoms in total. The van der Waals surface area contributed by atoms with Crippen molar-refractivity contribution >= 4 is 40.7 Å². The summed E-state index contributed by atoms with van der Waals surface area (Å²) < 4.78 is 15.0. The number of likely N-dealkylation sites (tertiary alicyclic amines) is 1. The minimum atomic E-state index is -0.599. The van der Waals surface area contributed by atoms with Crippen LogP contribution in [-0.4, -0.2) is 86.2 Å². The zero-order valence-electron chi connectivity index (χ0n) is 22.8. The van der Waals surface area contributed by atoms with E-state index < -0.39 is 6.09 Å². The summed E-state index contributed by atoms with van der Waals surface area (Å²) in [5, 5.41) is 6.74. The molecule has 0 spiro atoms. The molecule has 0 saturated carbocycles. The van der Waals surface area contributed by atoms with Crippen LogP contribution in [0.3, 0.4) is 0 Å². The Balaban J connectivity index is 1.67. The molecule has 1 N–H and O–H groups in total. The molecule has 0 bridgehead atoms. The van der Waals surface area contributed by atoms with Gasteiger partial charge in [-0.1, -0.05) is 24.3 Å². The number of nitrogens with zero attached hydrogens (tertiary/aromatic N) is 4. The number of piperidine rings is 1. The van der Waals surface area contributed by atoms with Crippen molar-refractivity contribution in [3.63, 3.8) is 0 Å². The van der Waals surface area contributed by atoms with Crippen LogP contribution in [0.15, 0.2) is 34.7 Å². The third kappa shape index (κ3) is 9.63. The summed E-state index contributed by atoms with van der Waals surface area (Å²) in [5.74, 6) is -0.430. The third-order valence-electron chi connectivity index (χ3n) is 6.11. The average molecular weight is 560 g/mol. The fraction of sp³-hybridized carbons (Fsp3) is 0.519. The fourth-order valence-electron chi connectivity index (χ4n) is 4.25. The van der Waals surface area contributed by atoms with Crippen molar-refractivity contribution in [3.8, 4) is 11.3 Å². The molecule has 39 heavy (non-hydrogen) atoms. The number of amides is 1. The number of hydrogen-bond donors (Lipinski definition) is 1.